The molecule has 1 heterocycles. The lowest BCUT2D eigenvalue weighted by atomic mass is 10.00. The molecule has 3 nitrogen and oxygen atoms in total. The number of rotatable bonds is 2. The summed E-state index contributed by atoms with van der Waals surface area (Å²) in [6.45, 7) is 2.03. The molecule has 0 aliphatic rings. The number of nitrogens with zero attached hydrogens (tertiary/aromatic N) is 1. The highest BCUT2D eigenvalue weighted by Gasteiger charge is 2.18. The molecule has 2 aromatic carbocycles. The van der Waals surface area contributed by atoms with Gasteiger partial charge < -0.3 is 10.3 Å². The van der Waals surface area contributed by atoms with Gasteiger partial charge in [0.25, 0.3) is 0 Å². The summed E-state index contributed by atoms with van der Waals surface area (Å²) in [5.41, 5.74) is 9.78. The Labute approximate surface area is 135 Å². The monoisotopic (exact) mass is 362 g/mol. The standard InChI is InChI=1S/C16H12BrClN2O/c1-9-3-2-4-10(7-9)14-15(21-20-16(14)19)11-5-6-13(18)12(17)8-11/h2-8H,1H3,(H2,19,20). The van der Waals surface area contributed by atoms with Gasteiger partial charge in [0.2, 0.25) is 0 Å². The van der Waals surface area contributed by atoms with Gasteiger partial charge in [0.15, 0.2) is 11.6 Å². The Morgan fingerprint density at radius 3 is 2.67 bits per heavy atom. The van der Waals surface area contributed by atoms with E-state index in [2.05, 4.69) is 27.2 Å². The molecule has 0 amide bonds. The van der Waals surface area contributed by atoms with Crippen LogP contribution in [0.4, 0.5) is 5.82 Å². The van der Waals surface area contributed by atoms with Crippen molar-refractivity contribution in [2.75, 3.05) is 5.73 Å². The molecule has 0 atom stereocenters. The molecule has 5 heteroatoms. The van der Waals surface area contributed by atoms with Crippen LogP contribution in [0.5, 0.6) is 0 Å². The molecular weight excluding hydrogens is 352 g/mol. The number of halogens is 2. The lowest BCUT2D eigenvalue weighted by Crippen LogP contribution is -1.89. The smallest absolute Gasteiger partial charge is 0.176 e. The van der Waals surface area contributed by atoms with Crippen LogP contribution in [0.3, 0.4) is 0 Å². The average molecular weight is 364 g/mol. The molecule has 0 unspecified atom stereocenters. The van der Waals surface area contributed by atoms with Crippen LogP contribution in [0, 0.1) is 6.92 Å². The molecule has 0 aliphatic carbocycles. The van der Waals surface area contributed by atoms with Crippen LogP contribution in [0.2, 0.25) is 5.02 Å². The first-order valence-corrected chi connectivity index (χ1v) is 7.51. The zero-order valence-corrected chi connectivity index (χ0v) is 13.6. The van der Waals surface area contributed by atoms with Gasteiger partial charge in [-0.25, -0.2) is 0 Å². The fourth-order valence-electron chi connectivity index (χ4n) is 2.22. The van der Waals surface area contributed by atoms with Crippen molar-refractivity contribution in [2.45, 2.75) is 6.92 Å². The second-order valence-corrected chi connectivity index (χ2v) is 6.03. The summed E-state index contributed by atoms with van der Waals surface area (Å²) in [6.07, 6.45) is 0. The summed E-state index contributed by atoms with van der Waals surface area (Å²) in [7, 11) is 0. The molecule has 3 aromatic rings. The van der Waals surface area contributed by atoms with Crippen molar-refractivity contribution in [3.05, 3.63) is 57.5 Å². The van der Waals surface area contributed by atoms with Crippen molar-refractivity contribution in [3.8, 4) is 22.5 Å². The van der Waals surface area contributed by atoms with Crippen molar-refractivity contribution >= 4 is 33.3 Å². The molecule has 0 saturated heterocycles. The largest absolute Gasteiger partial charge is 0.380 e. The number of aryl methyl sites for hydroxylation is 1. The van der Waals surface area contributed by atoms with Gasteiger partial charge >= 0.3 is 0 Å². The normalized spacial score (nSPS) is 10.8. The van der Waals surface area contributed by atoms with E-state index in [1.165, 1.54) is 0 Å². The molecule has 0 bridgehead atoms. The zero-order valence-electron chi connectivity index (χ0n) is 11.2. The summed E-state index contributed by atoms with van der Waals surface area (Å²) in [5.74, 6) is 1.01. The van der Waals surface area contributed by atoms with Gasteiger partial charge in [0.1, 0.15) is 0 Å². The van der Waals surface area contributed by atoms with E-state index in [-0.39, 0.29) is 0 Å². The lowest BCUT2D eigenvalue weighted by Gasteiger charge is -2.05. The molecule has 0 aliphatic heterocycles. The lowest BCUT2D eigenvalue weighted by molar-refractivity contribution is 0.436. The van der Waals surface area contributed by atoms with Crippen LogP contribution < -0.4 is 5.73 Å². The highest BCUT2D eigenvalue weighted by molar-refractivity contribution is 9.10. The Hall–Kier alpha value is -1.78. The second kappa shape index (κ2) is 5.54. The number of nitrogens with two attached hydrogens (primary N) is 1. The van der Waals surface area contributed by atoms with Gasteiger partial charge in [-0.15, -0.1) is 0 Å². The highest BCUT2D eigenvalue weighted by Crippen LogP contribution is 2.38. The Bertz CT molecular complexity index is 814. The fraction of sp³-hybridized carbons (Fsp3) is 0.0625. The van der Waals surface area contributed by atoms with E-state index in [0.29, 0.717) is 16.6 Å². The fourth-order valence-corrected chi connectivity index (χ4v) is 2.71. The van der Waals surface area contributed by atoms with E-state index in [1.807, 2.05) is 37.3 Å². The zero-order chi connectivity index (χ0) is 15.0. The maximum atomic E-state index is 6.03. The van der Waals surface area contributed by atoms with Crippen LogP contribution >= 0.6 is 27.5 Å². The minimum atomic E-state index is 0.377. The van der Waals surface area contributed by atoms with Crippen molar-refractivity contribution in [2.24, 2.45) is 0 Å². The minimum absolute atomic E-state index is 0.377. The third-order valence-corrected chi connectivity index (χ3v) is 4.42. The number of hydrogen-bond donors (Lipinski definition) is 1. The van der Waals surface area contributed by atoms with Crippen LogP contribution in [0.1, 0.15) is 5.56 Å². The number of benzene rings is 2. The summed E-state index contributed by atoms with van der Waals surface area (Å²) >= 11 is 9.45. The van der Waals surface area contributed by atoms with Crippen molar-refractivity contribution in [1.82, 2.24) is 5.16 Å². The number of anilines is 1. The van der Waals surface area contributed by atoms with Gasteiger partial charge in [-0.05, 0) is 46.6 Å². The summed E-state index contributed by atoms with van der Waals surface area (Å²) in [6, 6.07) is 13.6. The van der Waals surface area contributed by atoms with E-state index < -0.39 is 0 Å². The number of nitrogen functional groups attached to an aromatic ring is 1. The average Bonchev–Trinajstić information content (AvgIpc) is 2.84. The molecule has 0 fully saturated rings. The van der Waals surface area contributed by atoms with E-state index in [0.717, 1.165) is 26.7 Å². The Morgan fingerprint density at radius 2 is 1.95 bits per heavy atom. The van der Waals surface area contributed by atoms with Gasteiger partial charge in [-0.1, -0.05) is 46.6 Å². The van der Waals surface area contributed by atoms with Gasteiger partial charge in [-0.3, -0.25) is 0 Å². The molecule has 1 aromatic heterocycles. The van der Waals surface area contributed by atoms with Crippen molar-refractivity contribution in [3.63, 3.8) is 0 Å². The first-order chi connectivity index (χ1) is 10.1. The Kier molecular flexibility index (Phi) is 3.74. The summed E-state index contributed by atoms with van der Waals surface area (Å²) in [4.78, 5) is 0. The van der Waals surface area contributed by atoms with Gasteiger partial charge in [0, 0.05) is 10.0 Å². The maximum absolute atomic E-state index is 6.03. The maximum Gasteiger partial charge on any atom is 0.176 e. The predicted molar refractivity (Wildman–Crippen MR) is 89.2 cm³/mol. The summed E-state index contributed by atoms with van der Waals surface area (Å²) < 4.78 is 6.23. The molecule has 0 radical (unpaired) electrons. The molecule has 3 rings (SSSR count). The van der Waals surface area contributed by atoms with E-state index >= 15 is 0 Å². The Balaban J connectivity index is 2.19. The molecular formula is C16H12BrClN2O. The van der Waals surface area contributed by atoms with E-state index in [9.17, 15) is 0 Å². The quantitative estimate of drug-likeness (QED) is 0.671. The molecule has 0 saturated carbocycles. The van der Waals surface area contributed by atoms with Crippen molar-refractivity contribution < 1.29 is 4.52 Å². The van der Waals surface area contributed by atoms with Crippen LogP contribution in [0.25, 0.3) is 22.5 Å². The Morgan fingerprint density at radius 1 is 1.14 bits per heavy atom. The van der Waals surface area contributed by atoms with Crippen LogP contribution in [0.15, 0.2) is 51.5 Å². The van der Waals surface area contributed by atoms with Crippen LogP contribution in [-0.4, -0.2) is 5.16 Å². The molecule has 106 valence electrons. The number of hydrogen-bond acceptors (Lipinski definition) is 3. The minimum Gasteiger partial charge on any atom is -0.380 e. The van der Waals surface area contributed by atoms with Crippen LogP contribution in [-0.2, 0) is 0 Å². The first kappa shape index (κ1) is 14.2. The topological polar surface area (TPSA) is 52.0 Å². The van der Waals surface area contributed by atoms with Gasteiger partial charge in [-0.2, -0.15) is 0 Å². The highest BCUT2D eigenvalue weighted by atomic mass is 79.9. The molecule has 2 N–H and O–H groups in total. The molecule has 0 spiro atoms. The summed E-state index contributed by atoms with van der Waals surface area (Å²) in [5, 5.41) is 4.55. The third-order valence-electron chi connectivity index (χ3n) is 3.21. The predicted octanol–water partition coefficient (Wildman–Crippen LogP) is 5.32. The third kappa shape index (κ3) is 2.69. The molecule has 21 heavy (non-hydrogen) atoms. The SMILES string of the molecule is Cc1cccc(-c2c(N)noc2-c2ccc(Cl)c(Br)c2)c1. The second-order valence-electron chi connectivity index (χ2n) is 4.77. The van der Waals surface area contributed by atoms with E-state index in [1.54, 1.807) is 6.07 Å². The van der Waals surface area contributed by atoms with E-state index in [4.69, 9.17) is 21.9 Å². The first-order valence-electron chi connectivity index (χ1n) is 6.34. The number of aromatic nitrogens is 1. The van der Waals surface area contributed by atoms with Gasteiger partial charge in [0.05, 0.1) is 10.6 Å². The van der Waals surface area contributed by atoms with Crippen molar-refractivity contribution in [1.29, 1.82) is 0 Å².